The Morgan fingerprint density at radius 3 is 2.55 bits per heavy atom. The predicted octanol–water partition coefficient (Wildman–Crippen LogP) is 3.71. The van der Waals surface area contributed by atoms with Crippen LogP contribution in [0.1, 0.15) is 0 Å². The second-order valence-corrected chi connectivity index (χ2v) is 6.88. The lowest BCUT2D eigenvalue weighted by Crippen LogP contribution is -2.36. The van der Waals surface area contributed by atoms with Gasteiger partial charge in [-0.2, -0.15) is 5.10 Å². The zero-order chi connectivity index (χ0) is 21.5. The van der Waals surface area contributed by atoms with Gasteiger partial charge in [0, 0.05) is 30.5 Å². The van der Waals surface area contributed by atoms with Gasteiger partial charge in [-0.1, -0.05) is 12.1 Å². The van der Waals surface area contributed by atoms with Gasteiger partial charge in [0.15, 0.2) is 5.82 Å². The second-order valence-electron chi connectivity index (χ2n) is 6.88. The van der Waals surface area contributed by atoms with Crippen molar-refractivity contribution in [3.8, 4) is 5.75 Å². The van der Waals surface area contributed by atoms with Crippen LogP contribution in [0.25, 0.3) is 0 Å². The molecule has 1 fully saturated rings. The molecule has 0 aliphatic carbocycles. The monoisotopic (exact) mass is 420 g/mol. The van der Waals surface area contributed by atoms with Crippen LogP contribution in [0.4, 0.5) is 33.4 Å². The summed E-state index contributed by atoms with van der Waals surface area (Å²) in [6, 6.07) is 16.2. The third kappa shape index (κ3) is 5.40. The van der Waals surface area contributed by atoms with Gasteiger partial charge in [0.1, 0.15) is 5.75 Å². The first-order valence-corrected chi connectivity index (χ1v) is 9.95. The van der Waals surface area contributed by atoms with Crippen LogP contribution in [0.15, 0.2) is 60.8 Å². The summed E-state index contributed by atoms with van der Waals surface area (Å²) in [5, 5.41) is 17.1. The van der Waals surface area contributed by atoms with Crippen LogP contribution in [0.3, 0.4) is 0 Å². The van der Waals surface area contributed by atoms with Gasteiger partial charge in [-0.3, -0.25) is 0 Å². The Morgan fingerprint density at radius 1 is 1.03 bits per heavy atom. The topological polar surface area (TPSA) is 101 Å². The molecule has 0 radical (unpaired) electrons. The maximum atomic E-state index is 12.3. The van der Waals surface area contributed by atoms with Crippen molar-refractivity contribution in [2.24, 2.45) is 0 Å². The van der Waals surface area contributed by atoms with Crippen LogP contribution in [0, 0.1) is 0 Å². The third-order valence-corrected chi connectivity index (χ3v) is 4.79. The molecular formula is C22H24N6O3. The van der Waals surface area contributed by atoms with Crippen molar-refractivity contribution >= 4 is 34.6 Å². The number of nitrogens with one attached hydrogen (secondary N) is 3. The molecule has 1 saturated heterocycles. The summed E-state index contributed by atoms with van der Waals surface area (Å²) in [5.74, 6) is 1.25. The maximum absolute atomic E-state index is 12.3. The Hall–Kier alpha value is -3.85. The quantitative estimate of drug-likeness (QED) is 0.559. The molecule has 1 aliphatic rings. The number of aromatic nitrogens is 2. The smallest absolute Gasteiger partial charge is 0.323 e. The van der Waals surface area contributed by atoms with Crippen LogP contribution < -0.4 is 25.6 Å². The number of rotatable bonds is 6. The van der Waals surface area contributed by atoms with Gasteiger partial charge in [0.05, 0.1) is 37.9 Å². The normalized spacial score (nSPS) is 13.4. The minimum atomic E-state index is -0.353. The van der Waals surface area contributed by atoms with Crippen molar-refractivity contribution in [1.29, 1.82) is 0 Å². The predicted molar refractivity (Wildman–Crippen MR) is 120 cm³/mol. The van der Waals surface area contributed by atoms with Gasteiger partial charge < -0.3 is 30.3 Å². The summed E-state index contributed by atoms with van der Waals surface area (Å²) in [6.07, 6.45) is 1.75. The first-order chi connectivity index (χ1) is 15.2. The van der Waals surface area contributed by atoms with Crippen LogP contribution in [-0.4, -0.2) is 49.6 Å². The molecule has 0 spiro atoms. The average Bonchev–Trinajstić information content (AvgIpc) is 2.81. The summed E-state index contributed by atoms with van der Waals surface area (Å²) in [7, 11) is 1.56. The van der Waals surface area contributed by atoms with E-state index in [1.807, 2.05) is 42.5 Å². The number of benzene rings is 2. The number of para-hydroxylation sites is 2. The lowest BCUT2D eigenvalue weighted by molar-refractivity contribution is 0.122. The number of ether oxygens (including phenoxy) is 2. The number of anilines is 5. The number of nitrogens with zero attached hydrogens (tertiary/aromatic N) is 3. The van der Waals surface area contributed by atoms with Crippen molar-refractivity contribution in [2.75, 3.05) is 54.3 Å². The van der Waals surface area contributed by atoms with Crippen molar-refractivity contribution in [1.82, 2.24) is 10.2 Å². The number of urea groups is 1. The number of methoxy groups -OCH3 is 1. The van der Waals surface area contributed by atoms with Crippen LogP contribution in [-0.2, 0) is 4.74 Å². The Labute approximate surface area is 180 Å². The lowest BCUT2D eigenvalue weighted by atomic mass is 10.2. The van der Waals surface area contributed by atoms with Gasteiger partial charge in [-0.25, -0.2) is 4.79 Å². The zero-order valence-corrected chi connectivity index (χ0v) is 17.2. The molecule has 4 rings (SSSR count). The minimum absolute atomic E-state index is 0.353. The lowest BCUT2D eigenvalue weighted by Gasteiger charge is -2.28. The van der Waals surface area contributed by atoms with Crippen molar-refractivity contribution < 1.29 is 14.3 Å². The summed E-state index contributed by atoms with van der Waals surface area (Å²) in [5.41, 5.74) is 3.10. The first kappa shape index (κ1) is 20.4. The fourth-order valence-electron chi connectivity index (χ4n) is 3.23. The molecule has 2 heterocycles. The van der Waals surface area contributed by atoms with E-state index in [0.29, 0.717) is 36.2 Å². The van der Waals surface area contributed by atoms with Gasteiger partial charge in [-0.05, 0) is 36.4 Å². The molecule has 2 aromatic carbocycles. The molecule has 3 N–H and O–H groups in total. The molecule has 0 unspecified atom stereocenters. The van der Waals surface area contributed by atoms with E-state index in [0.717, 1.165) is 24.5 Å². The van der Waals surface area contributed by atoms with E-state index in [1.54, 1.807) is 25.4 Å². The summed E-state index contributed by atoms with van der Waals surface area (Å²) in [4.78, 5) is 14.5. The molecule has 0 bridgehead atoms. The standard InChI is InChI=1S/C22H24N6O3/c1-30-20-5-3-2-4-19(20)26-22(29)25-17-8-6-16(7-9-17)24-21-14-18(15-23-27-21)28-10-12-31-13-11-28/h2-9,14-15H,10-13H2,1H3,(H,24,27)(H2,25,26,29). The van der Waals surface area contributed by atoms with E-state index in [2.05, 4.69) is 31.0 Å². The molecule has 1 aromatic heterocycles. The average molecular weight is 420 g/mol. The third-order valence-electron chi connectivity index (χ3n) is 4.79. The Kier molecular flexibility index (Phi) is 6.44. The van der Waals surface area contributed by atoms with E-state index in [9.17, 15) is 4.79 Å². The first-order valence-electron chi connectivity index (χ1n) is 9.95. The van der Waals surface area contributed by atoms with Crippen LogP contribution in [0.5, 0.6) is 5.75 Å². The van der Waals surface area contributed by atoms with Crippen LogP contribution >= 0.6 is 0 Å². The number of amides is 2. The zero-order valence-electron chi connectivity index (χ0n) is 17.2. The van der Waals surface area contributed by atoms with Gasteiger partial charge in [0.2, 0.25) is 0 Å². The fraction of sp³-hybridized carbons (Fsp3) is 0.227. The summed E-state index contributed by atoms with van der Waals surface area (Å²) in [6.45, 7) is 3.10. The Balaban J connectivity index is 1.35. The Bertz CT molecular complexity index is 1020. The van der Waals surface area contributed by atoms with E-state index in [4.69, 9.17) is 9.47 Å². The van der Waals surface area contributed by atoms with E-state index in [1.165, 1.54) is 0 Å². The van der Waals surface area contributed by atoms with E-state index < -0.39 is 0 Å². The number of carbonyl (C=O) groups excluding carboxylic acids is 1. The largest absolute Gasteiger partial charge is 0.495 e. The number of carbonyl (C=O) groups is 1. The van der Waals surface area contributed by atoms with Crippen LogP contribution in [0.2, 0.25) is 0 Å². The highest BCUT2D eigenvalue weighted by molar-refractivity contribution is 6.00. The van der Waals surface area contributed by atoms with Gasteiger partial charge in [0.25, 0.3) is 0 Å². The molecular weight excluding hydrogens is 396 g/mol. The molecule has 0 saturated carbocycles. The van der Waals surface area contributed by atoms with Crippen molar-refractivity contribution in [3.05, 3.63) is 60.8 Å². The molecule has 3 aromatic rings. The molecule has 2 amide bonds. The second kappa shape index (κ2) is 9.77. The molecule has 160 valence electrons. The van der Waals surface area contributed by atoms with Crippen molar-refractivity contribution in [2.45, 2.75) is 0 Å². The Morgan fingerprint density at radius 2 is 1.77 bits per heavy atom. The highest BCUT2D eigenvalue weighted by Gasteiger charge is 2.12. The number of morpholine rings is 1. The van der Waals surface area contributed by atoms with E-state index in [-0.39, 0.29) is 6.03 Å². The summed E-state index contributed by atoms with van der Waals surface area (Å²) < 4.78 is 10.6. The van der Waals surface area contributed by atoms with E-state index >= 15 is 0 Å². The molecule has 1 aliphatic heterocycles. The molecule has 9 heteroatoms. The highest BCUT2D eigenvalue weighted by Crippen LogP contribution is 2.24. The molecule has 31 heavy (non-hydrogen) atoms. The highest BCUT2D eigenvalue weighted by atomic mass is 16.5. The maximum Gasteiger partial charge on any atom is 0.323 e. The molecule has 0 atom stereocenters. The van der Waals surface area contributed by atoms with Gasteiger partial charge >= 0.3 is 6.03 Å². The fourth-order valence-corrected chi connectivity index (χ4v) is 3.23. The summed E-state index contributed by atoms with van der Waals surface area (Å²) >= 11 is 0. The van der Waals surface area contributed by atoms with Gasteiger partial charge in [-0.15, -0.1) is 5.10 Å². The molecule has 9 nitrogen and oxygen atoms in total. The SMILES string of the molecule is COc1ccccc1NC(=O)Nc1ccc(Nc2cc(N3CCOCC3)cnn2)cc1. The number of hydrogen-bond acceptors (Lipinski definition) is 7. The van der Waals surface area contributed by atoms with Crippen molar-refractivity contribution in [3.63, 3.8) is 0 Å². The minimum Gasteiger partial charge on any atom is -0.495 e. The number of hydrogen-bond donors (Lipinski definition) is 3.